The summed E-state index contributed by atoms with van der Waals surface area (Å²) in [5.41, 5.74) is 7.14. The van der Waals surface area contributed by atoms with E-state index in [4.69, 9.17) is 5.73 Å². The fourth-order valence-electron chi connectivity index (χ4n) is 1.76. The van der Waals surface area contributed by atoms with Gasteiger partial charge in [0, 0.05) is 16.4 Å². The molecule has 2 N–H and O–H groups in total. The molecule has 0 aliphatic carbocycles. The molecule has 0 bridgehead atoms. The van der Waals surface area contributed by atoms with Gasteiger partial charge in [-0.15, -0.1) is 0 Å². The topological polar surface area (TPSA) is 26.0 Å². The second-order valence-electron chi connectivity index (χ2n) is 4.79. The number of rotatable bonds is 2. The maximum absolute atomic E-state index is 5.80. The summed E-state index contributed by atoms with van der Waals surface area (Å²) in [6, 6.07) is 12.9. The number of hydrogen-bond acceptors (Lipinski definition) is 1. The van der Waals surface area contributed by atoms with E-state index in [0.29, 0.717) is 6.54 Å². The van der Waals surface area contributed by atoms with Crippen LogP contribution >= 0.6 is 15.9 Å². The first-order valence-corrected chi connectivity index (χ1v) is 6.22. The molecule has 0 saturated carbocycles. The van der Waals surface area contributed by atoms with Crippen LogP contribution in [0.25, 0.3) is 10.8 Å². The average molecular weight is 278 g/mol. The minimum atomic E-state index is 0.0429. The molecule has 0 heterocycles. The fraction of sp³-hybridized carbons (Fsp3) is 0.286. The first kappa shape index (κ1) is 11.6. The van der Waals surface area contributed by atoms with Crippen LogP contribution in [-0.4, -0.2) is 6.54 Å². The van der Waals surface area contributed by atoms with Crippen LogP contribution in [0.5, 0.6) is 0 Å². The highest BCUT2D eigenvalue weighted by Crippen LogP contribution is 2.27. The van der Waals surface area contributed by atoms with Crippen LogP contribution in [0.2, 0.25) is 0 Å². The smallest absolute Gasteiger partial charge is 0.0181 e. The van der Waals surface area contributed by atoms with Crippen molar-refractivity contribution in [1.29, 1.82) is 0 Å². The van der Waals surface area contributed by atoms with Crippen molar-refractivity contribution in [2.45, 2.75) is 19.3 Å². The van der Waals surface area contributed by atoms with Gasteiger partial charge < -0.3 is 5.73 Å². The monoisotopic (exact) mass is 277 g/mol. The van der Waals surface area contributed by atoms with E-state index in [1.165, 1.54) is 16.3 Å². The average Bonchev–Trinajstić information content (AvgIpc) is 2.28. The lowest BCUT2D eigenvalue weighted by molar-refractivity contribution is 0.540. The van der Waals surface area contributed by atoms with Crippen molar-refractivity contribution in [1.82, 2.24) is 0 Å². The molecular weight excluding hydrogens is 262 g/mol. The van der Waals surface area contributed by atoms with E-state index in [-0.39, 0.29) is 5.41 Å². The molecule has 0 aliphatic rings. The van der Waals surface area contributed by atoms with Gasteiger partial charge in [0.15, 0.2) is 0 Å². The number of nitrogens with two attached hydrogens (primary N) is 1. The van der Waals surface area contributed by atoms with E-state index in [9.17, 15) is 0 Å². The maximum atomic E-state index is 5.80. The van der Waals surface area contributed by atoms with Gasteiger partial charge in [0.1, 0.15) is 0 Å². The molecule has 2 heteroatoms. The van der Waals surface area contributed by atoms with Crippen molar-refractivity contribution in [2.75, 3.05) is 6.54 Å². The number of halogens is 1. The summed E-state index contributed by atoms with van der Waals surface area (Å²) in [6.07, 6.45) is 0. The Bertz CT molecular complexity index is 517. The van der Waals surface area contributed by atoms with Crippen LogP contribution < -0.4 is 5.73 Å². The van der Waals surface area contributed by atoms with E-state index in [0.717, 1.165) is 4.47 Å². The molecule has 0 aliphatic heterocycles. The first-order chi connectivity index (χ1) is 7.53. The molecule has 16 heavy (non-hydrogen) atoms. The maximum Gasteiger partial charge on any atom is 0.0181 e. The third-order valence-corrected chi connectivity index (χ3v) is 3.59. The van der Waals surface area contributed by atoms with E-state index in [2.05, 4.69) is 66.2 Å². The molecule has 2 aromatic rings. The molecule has 0 saturated heterocycles. The van der Waals surface area contributed by atoms with Crippen LogP contribution in [-0.2, 0) is 5.41 Å². The van der Waals surface area contributed by atoms with E-state index >= 15 is 0 Å². The molecule has 2 rings (SSSR count). The van der Waals surface area contributed by atoms with Gasteiger partial charge in [-0.2, -0.15) is 0 Å². The van der Waals surface area contributed by atoms with Gasteiger partial charge in [-0.3, -0.25) is 0 Å². The predicted octanol–water partition coefficient (Wildman–Crippen LogP) is 3.84. The minimum absolute atomic E-state index is 0.0429. The van der Waals surface area contributed by atoms with Crippen LogP contribution in [0.15, 0.2) is 40.9 Å². The van der Waals surface area contributed by atoms with Crippen LogP contribution in [0.4, 0.5) is 0 Å². The van der Waals surface area contributed by atoms with Crippen LogP contribution in [0.3, 0.4) is 0 Å². The molecule has 0 fully saturated rings. The lowest BCUT2D eigenvalue weighted by Gasteiger charge is -2.23. The van der Waals surface area contributed by atoms with Crippen molar-refractivity contribution < 1.29 is 0 Å². The van der Waals surface area contributed by atoms with E-state index in [1.54, 1.807) is 0 Å². The number of hydrogen-bond donors (Lipinski definition) is 1. The van der Waals surface area contributed by atoms with Gasteiger partial charge in [0.05, 0.1) is 0 Å². The highest BCUT2D eigenvalue weighted by molar-refractivity contribution is 9.10. The largest absolute Gasteiger partial charge is 0.330 e. The van der Waals surface area contributed by atoms with Crippen molar-refractivity contribution in [3.05, 3.63) is 46.4 Å². The minimum Gasteiger partial charge on any atom is -0.330 e. The van der Waals surface area contributed by atoms with Crippen molar-refractivity contribution in [3.63, 3.8) is 0 Å². The van der Waals surface area contributed by atoms with Crippen molar-refractivity contribution in [2.24, 2.45) is 5.73 Å². The van der Waals surface area contributed by atoms with Crippen LogP contribution in [0.1, 0.15) is 19.4 Å². The van der Waals surface area contributed by atoms with Gasteiger partial charge in [0.2, 0.25) is 0 Å². The zero-order chi connectivity index (χ0) is 11.8. The van der Waals surface area contributed by atoms with Crippen molar-refractivity contribution in [3.8, 4) is 0 Å². The lowest BCUT2D eigenvalue weighted by atomic mass is 9.84. The summed E-state index contributed by atoms with van der Waals surface area (Å²) >= 11 is 3.48. The molecule has 0 aromatic heterocycles. The second kappa shape index (κ2) is 4.19. The highest BCUT2D eigenvalue weighted by atomic mass is 79.9. The first-order valence-electron chi connectivity index (χ1n) is 5.43. The Morgan fingerprint density at radius 3 is 2.38 bits per heavy atom. The summed E-state index contributed by atoms with van der Waals surface area (Å²) in [5.74, 6) is 0. The van der Waals surface area contributed by atoms with Gasteiger partial charge >= 0.3 is 0 Å². The third-order valence-electron chi connectivity index (χ3n) is 3.09. The molecule has 1 nitrogen and oxygen atoms in total. The molecule has 0 radical (unpaired) electrons. The summed E-state index contributed by atoms with van der Waals surface area (Å²) in [5, 5.41) is 2.52. The summed E-state index contributed by atoms with van der Waals surface area (Å²) in [4.78, 5) is 0. The van der Waals surface area contributed by atoms with Gasteiger partial charge in [-0.05, 0) is 28.5 Å². The zero-order valence-corrected chi connectivity index (χ0v) is 11.2. The zero-order valence-electron chi connectivity index (χ0n) is 9.63. The molecule has 0 amide bonds. The number of benzene rings is 2. The Kier molecular flexibility index (Phi) is 3.04. The Morgan fingerprint density at radius 2 is 1.69 bits per heavy atom. The number of fused-ring (bicyclic) bond motifs is 1. The van der Waals surface area contributed by atoms with E-state index < -0.39 is 0 Å². The van der Waals surface area contributed by atoms with Gasteiger partial charge in [-0.25, -0.2) is 0 Å². The standard InChI is InChI=1S/C14H16BrN/c1-14(2,9-16)12-5-3-11-8-13(15)6-4-10(11)7-12/h3-8H,9,16H2,1-2H3. The molecule has 0 unspecified atom stereocenters. The highest BCUT2D eigenvalue weighted by Gasteiger charge is 2.18. The quantitative estimate of drug-likeness (QED) is 0.887. The third kappa shape index (κ3) is 2.13. The summed E-state index contributed by atoms with van der Waals surface area (Å²) in [7, 11) is 0. The normalized spacial score (nSPS) is 12.0. The van der Waals surface area contributed by atoms with E-state index in [1.807, 2.05) is 0 Å². The molecule has 0 atom stereocenters. The summed E-state index contributed by atoms with van der Waals surface area (Å²) < 4.78 is 1.12. The van der Waals surface area contributed by atoms with Gasteiger partial charge in [0.25, 0.3) is 0 Å². The SMILES string of the molecule is CC(C)(CN)c1ccc2cc(Br)ccc2c1. The Hall–Kier alpha value is -0.860. The van der Waals surface area contributed by atoms with Gasteiger partial charge in [-0.1, -0.05) is 54.0 Å². The molecule has 2 aromatic carbocycles. The molecule has 84 valence electrons. The molecular formula is C14H16BrN. The van der Waals surface area contributed by atoms with Crippen LogP contribution in [0, 0.1) is 0 Å². The fourth-order valence-corrected chi connectivity index (χ4v) is 2.13. The summed E-state index contributed by atoms with van der Waals surface area (Å²) in [6.45, 7) is 5.01. The predicted molar refractivity (Wildman–Crippen MR) is 73.7 cm³/mol. The lowest BCUT2D eigenvalue weighted by Crippen LogP contribution is -2.27. The Labute approximate surface area is 105 Å². The molecule has 0 spiro atoms. The Balaban J connectivity index is 2.57. The van der Waals surface area contributed by atoms with Crippen molar-refractivity contribution >= 4 is 26.7 Å². The second-order valence-corrected chi connectivity index (χ2v) is 5.71. The Morgan fingerprint density at radius 1 is 1.06 bits per heavy atom.